The highest BCUT2D eigenvalue weighted by atomic mass is 32.2. The maximum Gasteiger partial charge on any atom is 0.326 e. The minimum Gasteiger partial charge on any atom is -0.481 e. The highest BCUT2D eigenvalue weighted by Crippen LogP contribution is 2.19. The summed E-state index contributed by atoms with van der Waals surface area (Å²) < 4.78 is 0. The van der Waals surface area contributed by atoms with Gasteiger partial charge in [-0.05, 0) is 36.5 Å². The van der Waals surface area contributed by atoms with Crippen molar-refractivity contribution in [3.05, 3.63) is 36.0 Å². The van der Waals surface area contributed by atoms with Gasteiger partial charge in [-0.15, -0.1) is 0 Å². The van der Waals surface area contributed by atoms with Crippen molar-refractivity contribution in [3.8, 4) is 0 Å². The van der Waals surface area contributed by atoms with E-state index in [2.05, 4.69) is 20.9 Å². The second-order valence-electron chi connectivity index (χ2n) is 9.00. The lowest BCUT2D eigenvalue weighted by atomic mass is 10.0. The maximum atomic E-state index is 13.3. The number of aromatic nitrogens is 1. The summed E-state index contributed by atoms with van der Waals surface area (Å²) in [4.78, 5) is 75.9. The van der Waals surface area contributed by atoms with Crippen LogP contribution < -0.4 is 21.7 Å². The van der Waals surface area contributed by atoms with Crippen molar-refractivity contribution < 1.29 is 44.1 Å². The van der Waals surface area contributed by atoms with Crippen LogP contribution in [0.5, 0.6) is 0 Å². The molecule has 4 atom stereocenters. The van der Waals surface area contributed by atoms with Gasteiger partial charge in [0.15, 0.2) is 0 Å². The molecule has 218 valence electrons. The Balaban J connectivity index is 2.32. The minimum absolute atomic E-state index is 0.131. The van der Waals surface area contributed by atoms with Crippen LogP contribution in [0.1, 0.15) is 31.2 Å². The smallest absolute Gasteiger partial charge is 0.326 e. The number of carboxylic acids is 3. The molecule has 15 heteroatoms. The number of fused-ring (bicyclic) bond motifs is 1. The van der Waals surface area contributed by atoms with Gasteiger partial charge in [0.2, 0.25) is 17.7 Å². The van der Waals surface area contributed by atoms with Crippen molar-refractivity contribution >= 4 is 58.3 Å². The SMILES string of the molecule is CSCCC(N)C(=O)NC(CCC(=O)O)C(=O)NC(Cc1c[nH]c2ccccc12)C(=O)NC(CC(=O)O)C(=O)O. The molecule has 0 aliphatic carbocycles. The zero-order valence-corrected chi connectivity index (χ0v) is 22.5. The third-order valence-electron chi connectivity index (χ3n) is 5.97. The van der Waals surface area contributed by atoms with Gasteiger partial charge < -0.3 is 42.0 Å². The van der Waals surface area contributed by atoms with E-state index >= 15 is 0 Å². The van der Waals surface area contributed by atoms with Crippen LogP contribution in [0.2, 0.25) is 0 Å². The van der Waals surface area contributed by atoms with Crippen LogP contribution in [-0.4, -0.2) is 92.1 Å². The second-order valence-corrected chi connectivity index (χ2v) is 9.99. The molecule has 0 radical (unpaired) electrons. The van der Waals surface area contributed by atoms with Crippen molar-refractivity contribution in [1.82, 2.24) is 20.9 Å². The van der Waals surface area contributed by atoms with Gasteiger partial charge in [-0.2, -0.15) is 11.8 Å². The normalized spacial score (nSPS) is 13.9. The van der Waals surface area contributed by atoms with Crippen LogP contribution in [0.4, 0.5) is 0 Å². The fraction of sp³-hybridized carbons (Fsp3) is 0.440. The van der Waals surface area contributed by atoms with Crippen molar-refractivity contribution in [2.24, 2.45) is 5.73 Å². The molecule has 4 unspecified atom stereocenters. The molecule has 0 saturated heterocycles. The summed E-state index contributed by atoms with van der Waals surface area (Å²) in [5.41, 5.74) is 7.21. The largest absolute Gasteiger partial charge is 0.481 e. The Morgan fingerprint density at radius 1 is 0.875 bits per heavy atom. The standard InChI is InChI=1S/C25H33N5O9S/c1-40-9-8-15(26)22(35)28-17(6-7-20(31)32)23(36)29-18(24(37)30-19(25(38)39)11-21(33)34)10-13-12-27-16-5-3-2-4-14(13)16/h2-5,12,15,17-19,27H,6-11,26H2,1H3,(H,28,35)(H,29,36)(H,30,37)(H,31,32)(H,33,34)(H,38,39). The molecule has 40 heavy (non-hydrogen) atoms. The van der Waals surface area contributed by atoms with Crippen LogP contribution in [0.15, 0.2) is 30.5 Å². The Bertz CT molecular complexity index is 1230. The number of H-pyrrole nitrogens is 1. The molecular formula is C25H33N5O9S. The summed E-state index contributed by atoms with van der Waals surface area (Å²) in [6, 6.07) is 1.62. The molecule has 1 aromatic heterocycles. The molecule has 1 aromatic carbocycles. The Kier molecular flexibility index (Phi) is 12.4. The molecule has 14 nitrogen and oxygen atoms in total. The van der Waals surface area contributed by atoms with E-state index in [1.54, 1.807) is 30.5 Å². The van der Waals surface area contributed by atoms with Crippen LogP contribution in [0.3, 0.4) is 0 Å². The predicted molar refractivity (Wildman–Crippen MR) is 146 cm³/mol. The molecule has 0 fully saturated rings. The number of para-hydroxylation sites is 1. The summed E-state index contributed by atoms with van der Waals surface area (Å²) in [7, 11) is 0. The maximum absolute atomic E-state index is 13.3. The summed E-state index contributed by atoms with van der Waals surface area (Å²) in [6.07, 6.45) is 1.94. The van der Waals surface area contributed by atoms with Crippen molar-refractivity contribution in [2.75, 3.05) is 12.0 Å². The Morgan fingerprint density at radius 3 is 2.12 bits per heavy atom. The van der Waals surface area contributed by atoms with Gasteiger partial charge in [-0.3, -0.25) is 24.0 Å². The Morgan fingerprint density at radius 2 is 1.50 bits per heavy atom. The third kappa shape index (κ3) is 9.89. The number of amides is 3. The van der Waals surface area contributed by atoms with Crippen LogP contribution >= 0.6 is 11.8 Å². The molecule has 9 N–H and O–H groups in total. The number of aliphatic carboxylic acids is 3. The van der Waals surface area contributed by atoms with Gasteiger partial charge in [0.25, 0.3) is 0 Å². The van der Waals surface area contributed by atoms with E-state index in [1.165, 1.54) is 11.8 Å². The van der Waals surface area contributed by atoms with E-state index in [4.69, 9.17) is 15.9 Å². The van der Waals surface area contributed by atoms with E-state index < -0.39 is 72.6 Å². The molecule has 2 rings (SSSR count). The molecule has 0 aliphatic rings. The number of nitrogens with one attached hydrogen (secondary N) is 4. The lowest BCUT2D eigenvalue weighted by molar-refractivity contribution is -0.147. The number of rotatable bonds is 17. The predicted octanol–water partition coefficient (Wildman–Crippen LogP) is -0.331. The molecular weight excluding hydrogens is 546 g/mol. The number of hydrogen-bond acceptors (Lipinski definition) is 8. The first-order valence-electron chi connectivity index (χ1n) is 12.3. The zero-order chi connectivity index (χ0) is 29.8. The van der Waals surface area contributed by atoms with Crippen LogP contribution in [-0.2, 0) is 35.2 Å². The summed E-state index contributed by atoms with van der Waals surface area (Å²) in [5.74, 6) is -6.23. The first-order chi connectivity index (χ1) is 18.9. The monoisotopic (exact) mass is 579 g/mol. The zero-order valence-electron chi connectivity index (χ0n) is 21.7. The number of benzene rings is 1. The van der Waals surface area contributed by atoms with E-state index in [1.807, 2.05) is 6.26 Å². The highest BCUT2D eigenvalue weighted by Gasteiger charge is 2.32. The summed E-state index contributed by atoms with van der Waals surface area (Å²) in [5, 5.41) is 35.3. The van der Waals surface area contributed by atoms with E-state index in [9.17, 15) is 33.9 Å². The molecule has 2 aromatic rings. The molecule has 3 amide bonds. The van der Waals surface area contributed by atoms with Crippen LogP contribution in [0, 0.1) is 0 Å². The number of aromatic amines is 1. The fourth-order valence-corrected chi connectivity index (χ4v) is 4.33. The van der Waals surface area contributed by atoms with Gasteiger partial charge >= 0.3 is 17.9 Å². The lowest BCUT2D eigenvalue weighted by Gasteiger charge is -2.25. The number of hydrogen-bond donors (Lipinski definition) is 8. The average Bonchev–Trinajstić information content (AvgIpc) is 3.30. The first-order valence-corrected chi connectivity index (χ1v) is 13.7. The minimum atomic E-state index is -1.77. The lowest BCUT2D eigenvalue weighted by Crippen LogP contribution is -2.57. The number of carbonyl (C=O) groups is 6. The van der Waals surface area contributed by atoms with E-state index in [0.717, 1.165) is 10.9 Å². The second kappa shape index (κ2) is 15.5. The fourth-order valence-electron chi connectivity index (χ4n) is 3.84. The number of nitrogens with two attached hydrogens (primary N) is 1. The molecule has 0 aliphatic heterocycles. The van der Waals surface area contributed by atoms with E-state index in [-0.39, 0.29) is 12.8 Å². The van der Waals surface area contributed by atoms with Gasteiger partial charge in [0, 0.05) is 29.9 Å². The summed E-state index contributed by atoms with van der Waals surface area (Å²) in [6.45, 7) is 0. The number of carboxylic acid groups (broad SMARTS) is 3. The molecule has 0 spiro atoms. The van der Waals surface area contributed by atoms with Crippen molar-refractivity contribution in [3.63, 3.8) is 0 Å². The average molecular weight is 580 g/mol. The molecule has 1 heterocycles. The number of carbonyl (C=O) groups excluding carboxylic acids is 3. The quantitative estimate of drug-likeness (QED) is 0.121. The van der Waals surface area contributed by atoms with Gasteiger partial charge in [0.1, 0.15) is 18.1 Å². The van der Waals surface area contributed by atoms with Crippen molar-refractivity contribution in [1.29, 1.82) is 0 Å². The number of thioether (sulfide) groups is 1. The Hall–Kier alpha value is -4.11. The third-order valence-corrected chi connectivity index (χ3v) is 6.62. The summed E-state index contributed by atoms with van der Waals surface area (Å²) >= 11 is 1.47. The molecule has 0 bridgehead atoms. The topological polar surface area (TPSA) is 241 Å². The van der Waals surface area contributed by atoms with Gasteiger partial charge in [-0.1, -0.05) is 18.2 Å². The van der Waals surface area contributed by atoms with E-state index in [0.29, 0.717) is 17.7 Å². The van der Waals surface area contributed by atoms with Gasteiger partial charge in [-0.25, -0.2) is 4.79 Å². The van der Waals surface area contributed by atoms with Gasteiger partial charge in [0.05, 0.1) is 12.5 Å². The Labute approximate surface area is 233 Å². The molecule has 0 saturated carbocycles. The van der Waals surface area contributed by atoms with Crippen molar-refractivity contribution in [2.45, 2.75) is 56.3 Å². The highest BCUT2D eigenvalue weighted by molar-refractivity contribution is 7.98. The van der Waals surface area contributed by atoms with Crippen LogP contribution in [0.25, 0.3) is 10.9 Å². The first kappa shape index (κ1) is 32.1.